The topological polar surface area (TPSA) is 95.7 Å². The van der Waals surface area contributed by atoms with Gasteiger partial charge in [-0.1, -0.05) is 12.1 Å². The number of aromatic nitrogens is 3. The van der Waals surface area contributed by atoms with E-state index in [0.29, 0.717) is 21.9 Å². The molecule has 0 bridgehead atoms. The number of H-pyrrole nitrogens is 1. The second kappa shape index (κ2) is 6.55. The molecule has 122 valence electrons. The molecule has 0 aliphatic heterocycles. The molecule has 2 aromatic carbocycles. The first-order valence-corrected chi connectivity index (χ1v) is 7.38. The highest BCUT2D eigenvalue weighted by molar-refractivity contribution is 7.71. The van der Waals surface area contributed by atoms with Crippen molar-refractivity contribution in [3.8, 4) is 28.6 Å². The summed E-state index contributed by atoms with van der Waals surface area (Å²) >= 11 is 5.21. The number of benzene rings is 2. The zero-order valence-corrected chi connectivity index (χ0v) is 13.5. The Morgan fingerprint density at radius 1 is 1.25 bits per heavy atom. The van der Waals surface area contributed by atoms with Crippen LogP contribution in [-0.4, -0.2) is 38.4 Å². The number of ether oxygens (including phenoxy) is 1. The van der Waals surface area contributed by atoms with E-state index in [9.17, 15) is 10.2 Å². The van der Waals surface area contributed by atoms with E-state index in [4.69, 9.17) is 17.0 Å². The number of aromatic amines is 1. The summed E-state index contributed by atoms with van der Waals surface area (Å²) in [4.78, 5) is 0. The number of nitrogens with zero attached hydrogens (tertiary/aromatic N) is 3. The molecular weight excluding hydrogens is 328 g/mol. The summed E-state index contributed by atoms with van der Waals surface area (Å²) in [7, 11) is 1.57. The molecule has 0 unspecified atom stereocenters. The summed E-state index contributed by atoms with van der Waals surface area (Å²) in [6, 6.07) is 11.6. The predicted octanol–water partition coefficient (Wildman–Crippen LogP) is 2.91. The highest BCUT2D eigenvalue weighted by atomic mass is 32.1. The van der Waals surface area contributed by atoms with Gasteiger partial charge in [0.05, 0.1) is 18.9 Å². The number of hydrogen-bond donors (Lipinski definition) is 3. The SMILES string of the molecule is COc1ccccc1-c1n[nH]c(=S)n1/N=C\c1ccc(O)cc1O. The Hall–Kier alpha value is -3.13. The third-order valence-corrected chi connectivity index (χ3v) is 3.59. The minimum absolute atomic E-state index is 0.0284. The first-order valence-electron chi connectivity index (χ1n) is 6.97. The molecule has 0 fully saturated rings. The molecule has 1 heterocycles. The fraction of sp³-hybridized carbons (Fsp3) is 0.0625. The fourth-order valence-corrected chi connectivity index (χ4v) is 2.34. The van der Waals surface area contributed by atoms with E-state index < -0.39 is 0 Å². The van der Waals surface area contributed by atoms with E-state index in [2.05, 4.69) is 15.3 Å². The van der Waals surface area contributed by atoms with Gasteiger partial charge < -0.3 is 14.9 Å². The molecule has 0 radical (unpaired) electrons. The lowest BCUT2D eigenvalue weighted by Crippen LogP contribution is -1.97. The molecule has 8 heteroatoms. The van der Waals surface area contributed by atoms with Crippen LogP contribution in [0.15, 0.2) is 47.6 Å². The van der Waals surface area contributed by atoms with Crippen LogP contribution in [0.25, 0.3) is 11.4 Å². The normalized spacial score (nSPS) is 11.0. The summed E-state index contributed by atoms with van der Waals surface area (Å²) in [5, 5.41) is 30.3. The van der Waals surface area contributed by atoms with E-state index in [1.54, 1.807) is 13.2 Å². The maximum Gasteiger partial charge on any atom is 0.216 e. The van der Waals surface area contributed by atoms with Crippen LogP contribution in [0.5, 0.6) is 17.2 Å². The molecule has 3 aromatic rings. The van der Waals surface area contributed by atoms with E-state index >= 15 is 0 Å². The maximum absolute atomic E-state index is 9.83. The first kappa shape index (κ1) is 15.8. The van der Waals surface area contributed by atoms with Gasteiger partial charge in [-0.25, -0.2) is 5.10 Å². The summed E-state index contributed by atoms with van der Waals surface area (Å²) in [6.45, 7) is 0. The molecule has 0 saturated heterocycles. The van der Waals surface area contributed by atoms with Crippen molar-refractivity contribution in [3.63, 3.8) is 0 Å². The third-order valence-electron chi connectivity index (χ3n) is 3.32. The molecule has 0 spiro atoms. The second-order valence-corrected chi connectivity index (χ2v) is 5.24. The number of nitrogens with one attached hydrogen (secondary N) is 1. The fourth-order valence-electron chi connectivity index (χ4n) is 2.16. The van der Waals surface area contributed by atoms with Crippen LogP contribution < -0.4 is 4.74 Å². The lowest BCUT2D eigenvalue weighted by atomic mass is 10.2. The van der Waals surface area contributed by atoms with Crippen LogP contribution in [0.1, 0.15) is 5.56 Å². The number of phenolic OH excluding ortho intramolecular Hbond substituents is 2. The van der Waals surface area contributed by atoms with Gasteiger partial charge in [0, 0.05) is 11.6 Å². The lowest BCUT2D eigenvalue weighted by molar-refractivity contribution is 0.416. The summed E-state index contributed by atoms with van der Waals surface area (Å²) in [6.07, 6.45) is 1.43. The standard InChI is InChI=1S/C16H14N4O3S/c1-23-14-5-3-2-4-12(14)15-18-19-16(24)20(15)17-9-10-6-7-11(21)8-13(10)22/h2-9,21-22H,1H3,(H,19,24)/b17-9-. The monoisotopic (exact) mass is 342 g/mol. The van der Waals surface area contributed by atoms with Crippen LogP contribution in [0.2, 0.25) is 0 Å². The van der Waals surface area contributed by atoms with Crippen molar-refractivity contribution in [3.05, 3.63) is 52.8 Å². The minimum atomic E-state index is -0.0902. The second-order valence-electron chi connectivity index (χ2n) is 4.85. The highest BCUT2D eigenvalue weighted by Crippen LogP contribution is 2.28. The average Bonchev–Trinajstić information content (AvgIpc) is 2.94. The van der Waals surface area contributed by atoms with Gasteiger partial charge in [-0.15, -0.1) is 0 Å². The predicted molar refractivity (Wildman–Crippen MR) is 92.2 cm³/mol. The van der Waals surface area contributed by atoms with Gasteiger partial charge in [0.15, 0.2) is 5.82 Å². The number of aromatic hydroxyl groups is 2. The minimum Gasteiger partial charge on any atom is -0.508 e. The molecule has 0 aliphatic rings. The summed E-state index contributed by atoms with van der Waals surface area (Å²) < 4.78 is 7.06. The van der Waals surface area contributed by atoms with Gasteiger partial charge >= 0.3 is 0 Å². The van der Waals surface area contributed by atoms with Gasteiger partial charge in [-0.3, -0.25) is 0 Å². The van der Waals surface area contributed by atoms with Crippen molar-refractivity contribution in [1.82, 2.24) is 14.9 Å². The van der Waals surface area contributed by atoms with Crippen molar-refractivity contribution in [1.29, 1.82) is 0 Å². The van der Waals surface area contributed by atoms with Crippen molar-refractivity contribution in [2.24, 2.45) is 5.10 Å². The van der Waals surface area contributed by atoms with E-state index in [0.717, 1.165) is 5.56 Å². The van der Waals surface area contributed by atoms with Gasteiger partial charge in [0.1, 0.15) is 17.2 Å². The van der Waals surface area contributed by atoms with Gasteiger partial charge in [-0.2, -0.15) is 14.9 Å². The highest BCUT2D eigenvalue weighted by Gasteiger charge is 2.13. The van der Waals surface area contributed by atoms with Crippen molar-refractivity contribution >= 4 is 18.4 Å². The van der Waals surface area contributed by atoms with E-state index in [-0.39, 0.29) is 11.5 Å². The Kier molecular flexibility index (Phi) is 4.30. The zero-order chi connectivity index (χ0) is 17.1. The number of methoxy groups -OCH3 is 1. The molecular formula is C16H14N4O3S. The van der Waals surface area contributed by atoms with Gasteiger partial charge in [0.25, 0.3) is 0 Å². The van der Waals surface area contributed by atoms with Crippen LogP contribution in [0, 0.1) is 4.77 Å². The number of hydrogen-bond acceptors (Lipinski definition) is 6. The van der Waals surface area contributed by atoms with E-state index in [1.807, 2.05) is 24.3 Å². The average molecular weight is 342 g/mol. The number of rotatable bonds is 4. The van der Waals surface area contributed by atoms with Crippen molar-refractivity contribution < 1.29 is 14.9 Å². The molecule has 0 aliphatic carbocycles. The Balaban J connectivity index is 2.05. The Bertz CT molecular complexity index is 962. The Morgan fingerprint density at radius 2 is 2.04 bits per heavy atom. The maximum atomic E-state index is 9.83. The first-order chi connectivity index (χ1) is 11.6. The van der Waals surface area contributed by atoms with Crippen molar-refractivity contribution in [2.45, 2.75) is 0 Å². The Morgan fingerprint density at radius 3 is 2.79 bits per heavy atom. The largest absolute Gasteiger partial charge is 0.508 e. The summed E-state index contributed by atoms with van der Waals surface area (Å²) in [5.74, 6) is 0.995. The molecule has 0 amide bonds. The lowest BCUT2D eigenvalue weighted by Gasteiger charge is -2.07. The third kappa shape index (κ3) is 2.99. The number of phenols is 2. The molecule has 0 saturated carbocycles. The Labute approximate surface area is 142 Å². The van der Waals surface area contributed by atoms with Gasteiger partial charge in [-0.05, 0) is 36.5 Å². The zero-order valence-electron chi connectivity index (χ0n) is 12.7. The molecule has 3 rings (SSSR count). The van der Waals surface area contributed by atoms with Gasteiger partial charge in [0.2, 0.25) is 4.77 Å². The molecule has 3 N–H and O–H groups in total. The van der Waals surface area contributed by atoms with Crippen LogP contribution in [0.4, 0.5) is 0 Å². The summed E-state index contributed by atoms with van der Waals surface area (Å²) in [5.41, 5.74) is 1.15. The molecule has 1 aromatic heterocycles. The molecule has 24 heavy (non-hydrogen) atoms. The quantitative estimate of drug-likeness (QED) is 0.500. The van der Waals surface area contributed by atoms with Crippen molar-refractivity contribution in [2.75, 3.05) is 7.11 Å². The van der Waals surface area contributed by atoms with E-state index in [1.165, 1.54) is 23.0 Å². The smallest absolute Gasteiger partial charge is 0.216 e. The number of para-hydroxylation sites is 1. The van der Waals surface area contributed by atoms with Crippen LogP contribution in [0.3, 0.4) is 0 Å². The van der Waals surface area contributed by atoms with Crippen LogP contribution >= 0.6 is 12.2 Å². The molecule has 7 nitrogen and oxygen atoms in total. The molecule has 0 atom stereocenters. The van der Waals surface area contributed by atoms with Crippen LogP contribution in [-0.2, 0) is 0 Å².